The number of fused-ring (bicyclic) bond motifs is 1. The first-order valence-electron chi connectivity index (χ1n) is 9.73. The van der Waals surface area contributed by atoms with Gasteiger partial charge in [0.15, 0.2) is 5.16 Å². The summed E-state index contributed by atoms with van der Waals surface area (Å²) in [4.78, 5) is 18.6. The van der Waals surface area contributed by atoms with Crippen LogP contribution in [0.1, 0.15) is 40.2 Å². The van der Waals surface area contributed by atoms with Crippen molar-refractivity contribution in [3.8, 4) is 5.69 Å². The van der Waals surface area contributed by atoms with Gasteiger partial charge in [-0.3, -0.25) is 9.36 Å². The summed E-state index contributed by atoms with van der Waals surface area (Å²) in [5.41, 5.74) is 5.73. The van der Waals surface area contributed by atoms with Crippen LogP contribution in [-0.4, -0.2) is 34.5 Å². The monoisotopic (exact) mass is 391 g/mol. The first-order valence-corrected chi connectivity index (χ1v) is 10.7. The van der Waals surface area contributed by atoms with Crippen LogP contribution in [0.5, 0.6) is 0 Å². The molecule has 4 nitrogen and oxygen atoms in total. The van der Waals surface area contributed by atoms with Crippen molar-refractivity contribution in [3.05, 3.63) is 77.1 Å². The number of aromatic nitrogens is 2. The highest BCUT2D eigenvalue weighted by Crippen LogP contribution is 2.32. The number of aryl methyl sites for hydroxylation is 1. The molecule has 0 saturated carbocycles. The Hall–Kier alpha value is -2.53. The number of hydrogen-bond donors (Lipinski definition) is 0. The molecule has 1 aliphatic carbocycles. The molecule has 0 radical (unpaired) electrons. The summed E-state index contributed by atoms with van der Waals surface area (Å²) in [5, 5.41) is 1.06. The third kappa shape index (κ3) is 3.85. The Morgan fingerprint density at radius 2 is 1.75 bits per heavy atom. The van der Waals surface area contributed by atoms with Crippen LogP contribution in [0.4, 0.5) is 0 Å². The number of benzene rings is 2. The van der Waals surface area contributed by atoms with E-state index in [9.17, 15) is 4.79 Å². The Bertz CT molecular complexity index is 962. The van der Waals surface area contributed by atoms with Crippen molar-refractivity contribution in [2.24, 2.45) is 0 Å². The molecular weight excluding hydrogens is 366 g/mol. The average molecular weight is 392 g/mol. The first kappa shape index (κ1) is 18.8. The van der Waals surface area contributed by atoms with E-state index in [1.54, 1.807) is 30.8 Å². The minimum Gasteiger partial charge on any atom is -0.345 e. The van der Waals surface area contributed by atoms with Gasteiger partial charge in [-0.1, -0.05) is 42.1 Å². The zero-order valence-electron chi connectivity index (χ0n) is 16.4. The Morgan fingerprint density at radius 1 is 1.04 bits per heavy atom. The van der Waals surface area contributed by atoms with Crippen LogP contribution in [0.3, 0.4) is 0 Å². The zero-order chi connectivity index (χ0) is 19.5. The van der Waals surface area contributed by atoms with Gasteiger partial charge >= 0.3 is 0 Å². The Morgan fingerprint density at radius 3 is 2.46 bits per heavy atom. The van der Waals surface area contributed by atoms with Crippen LogP contribution < -0.4 is 0 Å². The maximum atomic E-state index is 12.1. The zero-order valence-corrected chi connectivity index (χ0v) is 17.2. The molecule has 0 N–H and O–H groups in total. The average Bonchev–Trinajstić information content (AvgIpc) is 3.11. The highest BCUT2D eigenvalue weighted by molar-refractivity contribution is 7.98. The lowest BCUT2D eigenvalue weighted by Gasteiger charge is -2.15. The number of carbonyl (C=O) groups is 1. The number of hydrogen-bond acceptors (Lipinski definition) is 3. The minimum atomic E-state index is 0.0338. The Balaban J connectivity index is 1.57. The standard InChI is InChI=1S/C23H25N3OS/c1-25(2)22(27)18-14-12-17(13-15-18)16-28-23-24-20-10-6-7-11-21(20)26(23)19-8-4-3-5-9-19/h3-5,8-9,12-15H,6-7,10-11,16H2,1-2H3. The van der Waals surface area contributed by atoms with Gasteiger partial charge in [0, 0.05) is 36.8 Å². The second kappa shape index (κ2) is 8.23. The molecule has 0 bridgehead atoms. The quantitative estimate of drug-likeness (QED) is 0.589. The van der Waals surface area contributed by atoms with Crippen molar-refractivity contribution < 1.29 is 4.79 Å². The molecule has 0 saturated heterocycles. The van der Waals surface area contributed by atoms with Gasteiger partial charge in [-0.15, -0.1) is 0 Å². The van der Waals surface area contributed by atoms with E-state index in [-0.39, 0.29) is 5.91 Å². The maximum Gasteiger partial charge on any atom is 0.253 e. The van der Waals surface area contributed by atoms with E-state index in [0.29, 0.717) is 0 Å². The normalized spacial score (nSPS) is 13.2. The van der Waals surface area contributed by atoms with E-state index in [2.05, 4.69) is 34.9 Å². The molecule has 1 heterocycles. The summed E-state index contributed by atoms with van der Waals surface area (Å²) in [6.45, 7) is 0. The van der Waals surface area contributed by atoms with Crippen molar-refractivity contribution in [1.29, 1.82) is 0 Å². The summed E-state index contributed by atoms with van der Waals surface area (Å²) in [6, 6.07) is 18.4. The fourth-order valence-corrected chi connectivity index (χ4v) is 4.61. The molecule has 0 unspecified atom stereocenters. The van der Waals surface area contributed by atoms with E-state index in [0.717, 1.165) is 29.3 Å². The lowest BCUT2D eigenvalue weighted by atomic mass is 10.0. The molecule has 0 atom stereocenters. The number of carbonyl (C=O) groups excluding carboxylic acids is 1. The molecule has 1 amide bonds. The van der Waals surface area contributed by atoms with Gasteiger partial charge in [0.05, 0.1) is 5.69 Å². The van der Waals surface area contributed by atoms with Gasteiger partial charge < -0.3 is 4.90 Å². The van der Waals surface area contributed by atoms with Gasteiger partial charge in [0.1, 0.15) is 0 Å². The van der Waals surface area contributed by atoms with Crippen molar-refractivity contribution in [3.63, 3.8) is 0 Å². The van der Waals surface area contributed by atoms with Gasteiger partial charge in [-0.05, 0) is 55.5 Å². The van der Waals surface area contributed by atoms with Gasteiger partial charge in [-0.2, -0.15) is 0 Å². The summed E-state index contributed by atoms with van der Waals surface area (Å²) in [5.74, 6) is 0.866. The molecule has 144 valence electrons. The fourth-order valence-electron chi connectivity index (χ4n) is 3.61. The molecule has 1 aliphatic rings. The molecule has 0 spiro atoms. The van der Waals surface area contributed by atoms with Gasteiger partial charge in [-0.25, -0.2) is 4.98 Å². The first-order chi connectivity index (χ1) is 13.6. The predicted octanol–water partition coefficient (Wildman–Crippen LogP) is 4.75. The van der Waals surface area contributed by atoms with Crippen LogP contribution in [0.2, 0.25) is 0 Å². The van der Waals surface area contributed by atoms with Gasteiger partial charge in [0.2, 0.25) is 0 Å². The van der Waals surface area contributed by atoms with Gasteiger partial charge in [0.25, 0.3) is 5.91 Å². The third-order valence-corrected chi connectivity index (χ3v) is 6.10. The molecule has 0 aliphatic heterocycles. The highest BCUT2D eigenvalue weighted by Gasteiger charge is 2.21. The molecule has 3 aromatic rings. The van der Waals surface area contributed by atoms with Crippen molar-refractivity contribution >= 4 is 17.7 Å². The lowest BCUT2D eigenvalue weighted by molar-refractivity contribution is 0.0827. The van der Waals surface area contributed by atoms with E-state index in [1.165, 1.54) is 35.5 Å². The maximum absolute atomic E-state index is 12.1. The largest absolute Gasteiger partial charge is 0.345 e. The van der Waals surface area contributed by atoms with Crippen LogP contribution in [-0.2, 0) is 18.6 Å². The second-order valence-electron chi connectivity index (χ2n) is 7.35. The number of nitrogens with zero attached hydrogens (tertiary/aromatic N) is 3. The Labute approximate surface area is 170 Å². The van der Waals surface area contributed by atoms with E-state index >= 15 is 0 Å². The van der Waals surface area contributed by atoms with Crippen molar-refractivity contribution in [2.75, 3.05) is 14.1 Å². The summed E-state index contributed by atoms with van der Waals surface area (Å²) in [6.07, 6.45) is 4.63. The molecule has 2 aromatic carbocycles. The topological polar surface area (TPSA) is 38.1 Å². The van der Waals surface area contributed by atoms with E-state index < -0.39 is 0 Å². The van der Waals surface area contributed by atoms with E-state index in [4.69, 9.17) is 4.98 Å². The van der Waals surface area contributed by atoms with E-state index in [1.807, 2.05) is 24.3 Å². The van der Waals surface area contributed by atoms with Crippen molar-refractivity contribution in [2.45, 2.75) is 36.6 Å². The number of imidazole rings is 1. The number of thioether (sulfide) groups is 1. The molecule has 1 aromatic heterocycles. The molecule has 5 heteroatoms. The number of para-hydroxylation sites is 1. The second-order valence-corrected chi connectivity index (χ2v) is 8.29. The minimum absolute atomic E-state index is 0.0338. The SMILES string of the molecule is CN(C)C(=O)c1ccc(CSc2nc3c(n2-c2ccccc2)CCCC3)cc1. The highest BCUT2D eigenvalue weighted by atomic mass is 32.2. The number of amides is 1. The summed E-state index contributed by atoms with van der Waals surface area (Å²) < 4.78 is 2.34. The molecular formula is C23H25N3OS. The third-order valence-electron chi connectivity index (χ3n) is 5.09. The molecule has 0 fully saturated rings. The number of rotatable bonds is 5. The predicted molar refractivity (Wildman–Crippen MR) is 114 cm³/mol. The van der Waals surface area contributed by atoms with Crippen molar-refractivity contribution in [1.82, 2.24) is 14.5 Å². The fraction of sp³-hybridized carbons (Fsp3) is 0.304. The van der Waals surface area contributed by atoms with Crippen LogP contribution >= 0.6 is 11.8 Å². The molecule has 28 heavy (non-hydrogen) atoms. The van der Waals surface area contributed by atoms with Crippen LogP contribution in [0.25, 0.3) is 5.69 Å². The smallest absolute Gasteiger partial charge is 0.253 e. The Kier molecular flexibility index (Phi) is 5.53. The summed E-state index contributed by atoms with van der Waals surface area (Å²) in [7, 11) is 3.55. The summed E-state index contributed by atoms with van der Waals surface area (Å²) >= 11 is 1.77. The molecule has 4 rings (SSSR count). The van der Waals surface area contributed by atoms with Crippen LogP contribution in [0.15, 0.2) is 59.8 Å². The van der Waals surface area contributed by atoms with Crippen LogP contribution in [0, 0.1) is 0 Å². The lowest BCUT2D eigenvalue weighted by Crippen LogP contribution is -2.21.